The van der Waals surface area contributed by atoms with Gasteiger partial charge >= 0.3 is 5.97 Å². The van der Waals surface area contributed by atoms with E-state index in [1.165, 1.54) is 5.56 Å². The zero-order valence-electron chi connectivity index (χ0n) is 18.9. The first kappa shape index (κ1) is 25.5. The van der Waals surface area contributed by atoms with Gasteiger partial charge in [-0.2, -0.15) is 24.4 Å². The summed E-state index contributed by atoms with van der Waals surface area (Å²) in [4.78, 5) is 24.9. The molecule has 0 bridgehead atoms. The third kappa shape index (κ3) is 7.69. The fourth-order valence-corrected chi connectivity index (χ4v) is 4.77. The lowest BCUT2D eigenvalue weighted by atomic mass is 9.98. The number of hydrogen-bond donors (Lipinski definition) is 5. The van der Waals surface area contributed by atoms with Crippen molar-refractivity contribution in [3.05, 3.63) is 65.2 Å². The monoisotopic (exact) mass is 487 g/mol. The van der Waals surface area contributed by atoms with Gasteiger partial charge in [-0.15, -0.1) is 0 Å². The van der Waals surface area contributed by atoms with Gasteiger partial charge in [0, 0.05) is 29.1 Å². The number of aliphatic carboxylic acids is 1. The molecule has 6 nitrogen and oxygen atoms in total. The minimum absolute atomic E-state index is 0.270. The predicted octanol–water partition coefficient (Wildman–Crippen LogP) is 3.48. The fourth-order valence-electron chi connectivity index (χ4n) is 3.96. The molecular formula is C25H33N3O3S2. The summed E-state index contributed by atoms with van der Waals surface area (Å²) in [6.45, 7) is 1.67. The molecular weight excluding hydrogens is 454 g/mol. The van der Waals surface area contributed by atoms with Crippen LogP contribution in [0.2, 0.25) is 0 Å². The van der Waals surface area contributed by atoms with E-state index < -0.39 is 12.0 Å². The molecule has 1 amide bonds. The van der Waals surface area contributed by atoms with E-state index in [2.05, 4.69) is 40.7 Å². The quantitative estimate of drug-likeness (QED) is 0.295. The van der Waals surface area contributed by atoms with Crippen LogP contribution in [-0.2, 0) is 17.6 Å². The average Bonchev–Trinajstić information content (AvgIpc) is 3.24. The molecule has 178 valence electrons. The van der Waals surface area contributed by atoms with E-state index >= 15 is 0 Å². The third-order valence-corrected chi connectivity index (χ3v) is 7.19. The fraction of sp³-hybridized carbons (Fsp3) is 0.440. The number of anilines is 1. The van der Waals surface area contributed by atoms with Gasteiger partial charge in [-0.05, 0) is 67.5 Å². The molecule has 33 heavy (non-hydrogen) atoms. The number of carbonyl (C=O) groups excluding carboxylic acids is 1. The van der Waals surface area contributed by atoms with Crippen LogP contribution >= 0.6 is 24.4 Å². The smallest absolute Gasteiger partial charge is 0.326 e. The van der Waals surface area contributed by atoms with Crippen LogP contribution in [0.25, 0.3) is 0 Å². The number of amides is 1. The van der Waals surface area contributed by atoms with Gasteiger partial charge in [0.2, 0.25) is 0 Å². The molecule has 2 aromatic carbocycles. The summed E-state index contributed by atoms with van der Waals surface area (Å²) in [5.41, 5.74) is 3.46. The number of thioether (sulfide) groups is 1. The Bertz CT molecular complexity index is 926. The van der Waals surface area contributed by atoms with Crippen LogP contribution in [0.15, 0.2) is 48.5 Å². The lowest BCUT2D eigenvalue weighted by Crippen LogP contribution is -2.41. The van der Waals surface area contributed by atoms with Gasteiger partial charge in [0.15, 0.2) is 0 Å². The third-order valence-electron chi connectivity index (χ3n) is 5.93. The van der Waals surface area contributed by atoms with Crippen molar-refractivity contribution in [1.82, 2.24) is 10.6 Å². The predicted molar refractivity (Wildman–Crippen MR) is 140 cm³/mol. The molecule has 0 unspecified atom stereocenters. The van der Waals surface area contributed by atoms with Gasteiger partial charge in [-0.1, -0.05) is 36.4 Å². The molecule has 8 heteroatoms. The Balaban J connectivity index is 1.77. The average molecular weight is 488 g/mol. The van der Waals surface area contributed by atoms with Gasteiger partial charge in [0.05, 0.1) is 0 Å². The number of aryl methyl sites for hydroxylation is 2. The molecule has 4 N–H and O–H groups in total. The van der Waals surface area contributed by atoms with Gasteiger partial charge in [0.25, 0.3) is 5.91 Å². The van der Waals surface area contributed by atoms with E-state index in [9.17, 15) is 14.7 Å². The molecule has 0 spiro atoms. The highest BCUT2D eigenvalue weighted by atomic mass is 32.2. The zero-order valence-corrected chi connectivity index (χ0v) is 20.6. The van der Waals surface area contributed by atoms with E-state index in [0.717, 1.165) is 30.6 Å². The first-order valence-corrected chi connectivity index (χ1v) is 13.2. The number of carboxylic acids is 1. The minimum atomic E-state index is -1.01. The SMILES string of the molecule is CSCC[C@H](NC(=O)c1cc(NC[C@@H]2NCC[C@@H]2S)ccc1CCc1ccccc1)C(=O)O. The summed E-state index contributed by atoms with van der Waals surface area (Å²) in [5, 5.41) is 19.4. The van der Waals surface area contributed by atoms with Crippen molar-refractivity contribution in [2.75, 3.05) is 30.4 Å². The Kier molecular flexibility index (Phi) is 9.96. The van der Waals surface area contributed by atoms with Crippen LogP contribution in [0.5, 0.6) is 0 Å². The Morgan fingerprint density at radius 1 is 1.21 bits per heavy atom. The first-order chi connectivity index (χ1) is 16.0. The standard InChI is InChI=1S/C25H33N3O3S2/c1-33-14-12-21(25(30)31)28-24(29)20-15-19(27-16-22-23(32)11-13-26-22)10-9-18(20)8-7-17-5-3-2-4-6-17/h2-6,9-10,15,21-23,26-27,32H,7-8,11-14,16H2,1H3,(H,28,29)(H,30,31)/t21-,22-,23-/m0/s1. The highest BCUT2D eigenvalue weighted by Gasteiger charge is 2.24. The van der Waals surface area contributed by atoms with Crippen molar-refractivity contribution in [1.29, 1.82) is 0 Å². The molecule has 2 aromatic rings. The maximum absolute atomic E-state index is 13.2. The van der Waals surface area contributed by atoms with Gasteiger partial charge in [0.1, 0.15) is 6.04 Å². The Morgan fingerprint density at radius 3 is 2.67 bits per heavy atom. The summed E-state index contributed by atoms with van der Waals surface area (Å²) in [5.74, 6) is -0.690. The highest BCUT2D eigenvalue weighted by molar-refractivity contribution is 7.98. The molecule has 1 heterocycles. The number of rotatable bonds is 12. The Morgan fingerprint density at radius 2 is 2.00 bits per heavy atom. The largest absolute Gasteiger partial charge is 0.480 e. The number of benzene rings is 2. The molecule has 0 aliphatic carbocycles. The summed E-state index contributed by atoms with van der Waals surface area (Å²) in [6, 6.07) is 15.3. The second-order valence-corrected chi connectivity index (χ2v) is 9.95. The Hall–Kier alpha value is -2.16. The van der Waals surface area contributed by atoms with E-state index in [1.807, 2.05) is 42.7 Å². The second kappa shape index (κ2) is 12.9. The van der Waals surface area contributed by atoms with Crippen molar-refractivity contribution in [3.8, 4) is 0 Å². The topological polar surface area (TPSA) is 90.5 Å². The van der Waals surface area contributed by atoms with Crippen LogP contribution in [0.1, 0.15) is 34.3 Å². The van der Waals surface area contributed by atoms with Crippen LogP contribution in [0, 0.1) is 0 Å². The summed E-state index contributed by atoms with van der Waals surface area (Å²) in [6.07, 6.45) is 4.84. The van der Waals surface area contributed by atoms with Gasteiger partial charge < -0.3 is 21.1 Å². The lowest BCUT2D eigenvalue weighted by Gasteiger charge is -2.19. The van der Waals surface area contributed by atoms with Crippen LogP contribution < -0.4 is 16.0 Å². The molecule has 0 radical (unpaired) electrons. The molecule has 3 atom stereocenters. The molecule has 1 aliphatic rings. The maximum Gasteiger partial charge on any atom is 0.326 e. The Labute approximate surface area is 205 Å². The van der Waals surface area contributed by atoms with Crippen molar-refractivity contribution in [3.63, 3.8) is 0 Å². The van der Waals surface area contributed by atoms with E-state index in [1.54, 1.807) is 11.8 Å². The van der Waals surface area contributed by atoms with Crippen molar-refractivity contribution in [2.45, 2.75) is 43.0 Å². The first-order valence-electron chi connectivity index (χ1n) is 11.3. The summed E-state index contributed by atoms with van der Waals surface area (Å²) in [7, 11) is 0. The molecule has 0 saturated carbocycles. The number of hydrogen-bond acceptors (Lipinski definition) is 6. The zero-order chi connectivity index (χ0) is 23.6. The number of carboxylic acid groups (broad SMARTS) is 1. The van der Waals surface area contributed by atoms with Crippen molar-refractivity contribution >= 4 is 42.0 Å². The molecule has 1 aliphatic heterocycles. The van der Waals surface area contributed by atoms with E-state index in [4.69, 9.17) is 0 Å². The van der Waals surface area contributed by atoms with Crippen LogP contribution in [0.3, 0.4) is 0 Å². The van der Waals surface area contributed by atoms with Crippen molar-refractivity contribution in [2.24, 2.45) is 0 Å². The number of carbonyl (C=O) groups is 2. The highest BCUT2D eigenvalue weighted by Crippen LogP contribution is 2.20. The summed E-state index contributed by atoms with van der Waals surface area (Å²) >= 11 is 6.19. The summed E-state index contributed by atoms with van der Waals surface area (Å²) < 4.78 is 0. The minimum Gasteiger partial charge on any atom is -0.480 e. The second-order valence-electron chi connectivity index (χ2n) is 8.30. The van der Waals surface area contributed by atoms with Crippen LogP contribution in [0.4, 0.5) is 5.69 Å². The maximum atomic E-state index is 13.2. The van der Waals surface area contributed by atoms with Crippen molar-refractivity contribution < 1.29 is 14.7 Å². The molecule has 3 rings (SSSR count). The lowest BCUT2D eigenvalue weighted by molar-refractivity contribution is -0.139. The normalized spacial score (nSPS) is 18.6. The number of thiol groups is 1. The van der Waals surface area contributed by atoms with Gasteiger partial charge in [-0.25, -0.2) is 4.79 Å². The molecule has 1 saturated heterocycles. The molecule has 1 fully saturated rings. The van der Waals surface area contributed by atoms with E-state index in [0.29, 0.717) is 36.0 Å². The number of nitrogens with one attached hydrogen (secondary N) is 3. The van der Waals surface area contributed by atoms with Crippen LogP contribution in [-0.4, -0.2) is 59.4 Å². The van der Waals surface area contributed by atoms with E-state index in [-0.39, 0.29) is 11.9 Å². The molecule has 0 aromatic heterocycles. The van der Waals surface area contributed by atoms with Gasteiger partial charge in [-0.3, -0.25) is 4.79 Å².